The van der Waals surface area contributed by atoms with Gasteiger partial charge in [-0.05, 0) is 61.6 Å². The first-order valence-corrected chi connectivity index (χ1v) is 13.5. The fourth-order valence-electron chi connectivity index (χ4n) is 5.73. The van der Waals surface area contributed by atoms with E-state index in [4.69, 9.17) is 21.1 Å². The Morgan fingerprint density at radius 2 is 1.66 bits per heavy atom. The molecule has 5 nitrogen and oxygen atoms in total. The van der Waals surface area contributed by atoms with Crippen molar-refractivity contribution in [1.29, 1.82) is 0 Å². The molecule has 200 valence electrons. The van der Waals surface area contributed by atoms with Gasteiger partial charge in [-0.3, -0.25) is 0 Å². The Morgan fingerprint density at radius 3 is 2.29 bits per heavy atom. The third-order valence-corrected chi connectivity index (χ3v) is 7.83. The second-order valence-corrected chi connectivity index (χ2v) is 10.4. The lowest BCUT2D eigenvalue weighted by atomic mass is 9.72. The minimum Gasteiger partial charge on any atom is -0.493 e. The summed E-state index contributed by atoms with van der Waals surface area (Å²) in [6.07, 6.45) is 5.40. The summed E-state index contributed by atoms with van der Waals surface area (Å²) in [5.74, 6) is -1.53. The number of esters is 1. The predicted molar refractivity (Wildman–Crippen MR) is 145 cm³/mol. The topological polar surface area (TPSA) is 59.6 Å². The fourth-order valence-corrected chi connectivity index (χ4v) is 5.86. The summed E-state index contributed by atoms with van der Waals surface area (Å²) in [5.41, 5.74) is 1.39. The molecule has 2 N–H and O–H groups in total. The van der Waals surface area contributed by atoms with Crippen molar-refractivity contribution in [2.75, 3.05) is 23.8 Å². The van der Waals surface area contributed by atoms with E-state index in [1.165, 1.54) is 18.6 Å². The van der Waals surface area contributed by atoms with Crippen molar-refractivity contribution in [1.82, 2.24) is 0 Å². The molecule has 5 rings (SSSR count). The lowest BCUT2D eigenvalue weighted by molar-refractivity contribution is 0.0525. The van der Waals surface area contributed by atoms with Crippen LogP contribution in [0, 0.1) is 23.5 Å². The number of nitrogens with one attached hydrogen (secondary N) is 2. The van der Waals surface area contributed by atoms with Crippen molar-refractivity contribution in [3.8, 4) is 5.75 Å². The summed E-state index contributed by atoms with van der Waals surface area (Å²) in [6, 6.07) is 16.8. The molecule has 0 radical (unpaired) electrons. The maximum Gasteiger partial charge on any atom is 0.338 e. The van der Waals surface area contributed by atoms with Crippen LogP contribution in [-0.4, -0.2) is 19.2 Å². The molecule has 8 heteroatoms. The zero-order valence-corrected chi connectivity index (χ0v) is 22.0. The average Bonchev–Trinajstić information content (AvgIpc) is 3.29. The van der Waals surface area contributed by atoms with Crippen molar-refractivity contribution in [3.05, 3.63) is 88.4 Å². The summed E-state index contributed by atoms with van der Waals surface area (Å²) < 4.78 is 40.0. The summed E-state index contributed by atoms with van der Waals surface area (Å²) in [7, 11) is 0. The molecule has 1 aliphatic heterocycles. The van der Waals surface area contributed by atoms with Gasteiger partial charge in [0.05, 0.1) is 30.2 Å². The van der Waals surface area contributed by atoms with Gasteiger partial charge in [0.1, 0.15) is 11.4 Å². The highest BCUT2D eigenvalue weighted by molar-refractivity contribution is 6.30. The van der Waals surface area contributed by atoms with Crippen molar-refractivity contribution in [3.63, 3.8) is 0 Å². The number of carbonyl (C=O) groups is 1. The Hall–Kier alpha value is -3.32. The van der Waals surface area contributed by atoms with Gasteiger partial charge in [0.15, 0.2) is 11.6 Å². The number of hydrogen-bond donors (Lipinski definition) is 2. The Labute approximate surface area is 226 Å². The Kier molecular flexibility index (Phi) is 7.75. The van der Waals surface area contributed by atoms with Crippen LogP contribution in [0.5, 0.6) is 5.75 Å². The second kappa shape index (κ2) is 11.2. The monoisotopic (exact) mass is 540 g/mol. The number of carbonyl (C=O) groups excluding carboxylic acids is 1. The molecular formula is C30H31ClF2N2O3. The number of anilines is 2. The molecule has 0 saturated heterocycles. The third kappa shape index (κ3) is 5.30. The number of benzene rings is 3. The van der Waals surface area contributed by atoms with Gasteiger partial charge in [0, 0.05) is 23.1 Å². The van der Waals surface area contributed by atoms with Crippen molar-refractivity contribution >= 4 is 28.9 Å². The van der Waals surface area contributed by atoms with E-state index in [-0.39, 0.29) is 18.4 Å². The molecule has 0 aromatic heterocycles. The fraction of sp³-hybridized carbons (Fsp3) is 0.367. The van der Waals surface area contributed by atoms with Crippen LogP contribution >= 0.6 is 11.6 Å². The highest BCUT2D eigenvalue weighted by Crippen LogP contribution is 2.49. The highest BCUT2D eigenvalue weighted by Gasteiger charge is 2.49. The van der Waals surface area contributed by atoms with Gasteiger partial charge in [-0.2, -0.15) is 0 Å². The molecule has 1 fully saturated rings. The van der Waals surface area contributed by atoms with Gasteiger partial charge >= 0.3 is 5.97 Å². The van der Waals surface area contributed by atoms with E-state index in [1.54, 1.807) is 25.1 Å². The number of ether oxygens (including phenoxy) is 2. The number of fused-ring (bicyclic) bond motifs is 1. The molecule has 1 unspecified atom stereocenters. The van der Waals surface area contributed by atoms with Gasteiger partial charge in [-0.1, -0.05) is 49.1 Å². The number of hydrogen-bond acceptors (Lipinski definition) is 5. The number of rotatable bonds is 8. The summed E-state index contributed by atoms with van der Waals surface area (Å²) in [5, 5.41) is 7.63. The molecule has 1 heterocycles. The van der Waals surface area contributed by atoms with Crippen molar-refractivity contribution < 1.29 is 23.0 Å². The van der Waals surface area contributed by atoms with Crippen LogP contribution in [0.3, 0.4) is 0 Å². The molecular weight excluding hydrogens is 510 g/mol. The zero-order valence-electron chi connectivity index (χ0n) is 21.2. The lowest BCUT2D eigenvalue weighted by Gasteiger charge is -2.44. The van der Waals surface area contributed by atoms with Crippen molar-refractivity contribution in [2.45, 2.75) is 44.7 Å². The van der Waals surface area contributed by atoms with E-state index in [9.17, 15) is 13.6 Å². The van der Waals surface area contributed by atoms with E-state index in [0.29, 0.717) is 34.3 Å². The SMILES string of the molecule is CCOC(=O)c1cccc(OCC(C2CCCCC2)C2(c3ccc(Cl)cc3)Nc3cc(F)c(F)cc3N2)c1. The predicted octanol–water partition coefficient (Wildman–Crippen LogP) is 7.76. The first-order valence-electron chi connectivity index (χ1n) is 13.1. The van der Waals surface area contributed by atoms with Crippen LogP contribution in [-0.2, 0) is 10.4 Å². The third-order valence-electron chi connectivity index (χ3n) is 7.57. The Morgan fingerprint density at radius 1 is 1.00 bits per heavy atom. The van der Waals surface area contributed by atoms with E-state index in [2.05, 4.69) is 10.6 Å². The summed E-state index contributed by atoms with van der Waals surface area (Å²) in [6.45, 7) is 2.36. The summed E-state index contributed by atoms with van der Waals surface area (Å²) in [4.78, 5) is 12.3. The first-order chi connectivity index (χ1) is 18.4. The van der Waals surface area contributed by atoms with Crippen LogP contribution < -0.4 is 15.4 Å². The Bertz CT molecular complexity index is 1260. The van der Waals surface area contributed by atoms with Crippen LogP contribution in [0.1, 0.15) is 54.9 Å². The molecule has 1 saturated carbocycles. The summed E-state index contributed by atoms with van der Waals surface area (Å²) >= 11 is 6.22. The molecule has 2 aliphatic rings. The second-order valence-electron chi connectivity index (χ2n) is 9.94. The van der Waals surface area contributed by atoms with E-state index in [1.807, 2.05) is 30.3 Å². The molecule has 0 bridgehead atoms. The maximum absolute atomic E-state index is 14.2. The van der Waals surface area contributed by atoms with Crippen LogP contribution in [0.4, 0.5) is 20.2 Å². The standard InChI is InChI=1S/C30H31ClF2N2O3/c1-2-37-29(36)20-9-6-10-23(15-20)38-18-24(19-7-4-3-5-8-19)30(21-11-13-22(31)14-12-21)34-27-16-25(32)26(33)17-28(27)35-30/h6,9-17,19,24,34-35H,2-5,7-8,18H2,1H3. The van der Waals surface area contributed by atoms with Gasteiger partial charge < -0.3 is 20.1 Å². The van der Waals surface area contributed by atoms with E-state index >= 15 is 0 Å². The smallest absolute Gasteiger partial charge is 0.338 e. The minimum absolute atomic E-state index is 0.131. The van der Waals surface area contributed by atoms with Gasteiger partial charge in [-0.25, -0.2) is 13.6 Å². The van der Waals surface area contributed by atoms with Crippen LogP contribution in [0.15, 0.2) is 60.7 Å². The van der Waals surface area contributed by atoms with Gasteiger partial charge in [0.25, 0.3) is 0 Å². The van der Waals surface area contributed by atoms with Crippen LogP contribution in [0.25, 0.3) is 0 Å². The van der Waals surface area contributed by atoms with Crippen molar-refractivity contribution in [2.24, 2.45) is 11.8 Å². The molecule has 3 aromatic carbocycles. The van der Waals surface area contributed by atoms with Crippen LogP contribution in [0.2, 0.25) is 5.02 Å². The quantitative estimate of drug-likeness (QED) is 0.286. The maximum atomic E-state index is 14.2. The molecule has 3 aromatic rings. The first kappa shape index (κ1) is 26.3. The number of halogens is 3. The zero-order chi connectivity index (χ0) is 26.7. The highest BCUT2D eigenvalue weighted by atomic mass is 35.5. The van der Waals surface area contributed by atoms with E-state index in [0.717, 1.165) is 31.2 Å². The van der Waals surface area contributed by atoms with E-state index < -0.39 is 23.3 Å². The minimum atomic E-state index is -0.911. The molecule has 38 heavy (non-hydrogen) atoms. The molecule has 1 atom stereocenters. The molecule has 0 amide bonds. The average molecular weight is 541 g/mol. The Balaban J connectivity index is 1.52. The molecule has 1 aliphatic carbocycles. The van der Waals surface area contributed by atoms with Gasteiger partial charge in [-0.15, -0.1) is 0 Å². The normalized spacial score (nSPS) is 17.2. The lowest BCUT2D eigenvalue weighted by Crippen LogP contribution is -2.51. The largest absolute Gasteiger partial charge is 0.493 e. The van der Waals surface area contributed by atoms with Gasteiger partial charge in [0.2, 0.25) is 0 Å². The molecule has 0 spiro atoms.